The number of aliphatic hydroxyl groups is 1. The van der Waals surface area contributed by atoms with Gasteiger partial charge in [0.2, 0.25) is 0 Å². The number of aryl methyl sites for hydroxylation is 1. The zero-order valence-electron chi connectivity index (χ0n) is 15.8. The molecule has 0 aliphatic carbocycles. The first kappa shape index (κ1) is 17.0. The van der Waals surface area contributed by atoms with E-state index in [9.17, 15) is 5.11 Å². The summed E-state index contributed by atoms with van der Waals surface area (Å²) in [5.74, 6) is 0. The molecule has 1 aliphatic rings. The molecule has 5 rings (SSSR count). The van der Waals surface area contributed by atoms with Gasteiger partial charge in [0, 0.05) is 60.9 Å². The summed E-state index contributed by atoms with van der Waals surface area (Å²) in [6.07, 6.45) is 8.34. The van der Waals surface area contributed by atoms with Crippen LogP contribution in [0.5, 0.6) is 0 Å². The van der Waals surface area contributed by atoms with Gasteiger partial charge in [-0.1, -0.05) is 30.3 Å². The van der Waals surface area contributed by atoms with E-state index >= 15 is 0 Å². The van der Waals surface area contributed by atoms with E-state index in [1.807, 2.05) is 36.5 Å². The third-order valence-electron chi connectivity index (χ3n) is 5.51. The molecule has 0 radical (unpaired) electrons. The Morgan fingerprint density at radius 2 is 1.79 bits per heavy atom. The Hall–Kier alpha value is -3.18. The monoisotopic (exact) mass is 370 g/mol. The van der Waals surface area contributed by atoms with Crippen LogP contribution in [0.1, 0.15) is 6.42 Å². The lowest BCUT2D eigenvalue weighted by Gasteiger charge is -2.19. The molecule has 1 fully saturated rings. The van der Waals surface area contributed by atoms with Gasteiger partial charge in [0.25, 0.3) is 0 Å². The van der Waals surface area contributed by atoms with E-state index in [2.05, 4.69) is 57.4 Å². The van der Waals surface area contributed by atoms with Gasteiger partial charge in [-0.05, 0) is 35.1 Å². The van der Waals surface area contributed by atoms with Crippen LogP contribution in [0.4, 0.5) is 5.69 Å². The predicted molar refractivity (Wildman–Crippen MR) is 112 cm³/mol. The van der Waals surface area contributed by atoms with Gasteiger partial charge in [-0.3, -0.25) is 9.67 Å². The molecule has 1 N–H and O–H groups in total. The molecule has 2 aromatic heterocycles. The van der Waals surface area contributed by atoms with Crippen molar-refractivity contribution in [2.45, 2.75) is 12.5 Å². The second-order valence-electron chi connectivity index (χ2n) is 7.46. The van der Waals surface area contributed by atoms with Gasteiger partial charge in [0.05, 0.1) is 12.3 Å². The van der Waals surface area contributed by atoms with E-state index in [1.54, 1.807) is 0 Å². The molecule has 1 saturated heterocycles. The minimum absolute atomic E-state index is 0.229. The topological polar surface area (TPSA) is 54.2 Å². The summed E-state index contributed by atoms with van der Waals surface area (Å²) in [6, 6.07) is 15.0. The summed E-state index contributed by atoms with van der Waals surface area (Å²) in [5.41, 5.74) is 5.68. The van der Waals surface area contributed by atoms with Gasteiger partial charge < -0.3 is 10.0 Å². The largest absolute Gasteiger partial charge is 0.391 e. The zero-order valence-corrected chi connectivity index (χ0v) is 15.8. The van der Waals surface area contributed by atoms with Crippen LogP contribution in [-0.4, -0.2) is 39.1 Å². The normalized spacial score (nSPS) is 16.8. The molecule has 0 saturated carbocycles. The Balaban J connectivity index is 1.54. The first-order valence-electron chi connectivity index (χ1n) is 9.57. The number of fused-ring (bicyclic) bond motifs is 1. The average Bonchev–Trinajstić information content (AvgIpc) is 3.36. The van der Waals surface area contributed by atoms with Gasteiger partial charge >= 0.3 is 0 Å². The molecule has 0 unspecified atom stereocenters. The van der Waals surface area contributed by atoms with Gasteiger partial charge in [-0.2, -0.15) is 5.10 Å². The molecular formula is C23H22N4O. The number of pyridine rings is 1. The summed E-state index contributed by atoms with van der Waals surface area (Å²) >= 11 is 0. The molecule has 0 amide bonds. The second kappa shape index (κ2) is 6.77. The quantitative estimate of drug-likeness (QED) is 0.595. The van der Waals surface area contributed by atoms with E-state index in [0.29, 0.717) is 6.54 Å². The molecule has 0 spiro atoms. The van der Waals surface area contributed by atoms with E-state index in [-0.39, 0.29) is 6.10 Å². The Morgan fingerprint density at radius 3 is 2.50 bits per heavy atom. The number of hydrogen-bond acceptors (Lipinski definition) is 4. The SMILES string of the molecule is Cn1cc(-c2ccc(-c3cncc4ccc(N5CC[C@H](O)C5)cc34)cc2)cn1. The Bertz CT molecular complexity index is 1130. The number of aromatic nitrogens is 3. The number of anilines is 1. The number of benzene rings is 2. The van der Waals surface area contributed by atoms with Gasteiger partial charge in [-0.25, -0.2) is 0 Å². The van der Waals surface area contributed by atoms with Crippen LogP contribution in [0.3, 0.4) is 0 Å². The predicted octanol–water partition coefficient (Wildman–Crippen LogP) is 3.87. The van der Waals surface area contributed by atoms with Crippen molar-refractivity contribution in [3.63, 3.8) is 0 Å². The summed E-state index contributed by atoms with van der Waals surface area (Å²) in [7, 11) is 1.93. The van der Waals surface area contributed by atoms with E-state index in [0.717, 1.165) is 46.3 Å². The summed E-state index contributed by atoms with van der Waals surface area (Å²) < 4.78 is 1.81. The molecule has 0 bridgehead atoms. The van der Waals surface area contributed by atoms with Crippen LogP contribution in [-0.2, 0) is 7.05 Å². The van der Waals surface area contributed by atoms with Crippen LogP contribution < -0.4 is 4.90 Å². The highest BCUT2D eigenvalue weighted by molar-refractivity contribution is 5.98. The minimum Gasteiger partial charge on any atom is -0.391 e. The fourth-order valence-corrected chi connectivity index (χ4v) is 3.97. The summed E-state index contributed by atoms with van der Waals surface area (Å²) in [5, 5.41) is 16.4. The van der Waals surface area contributed by atoms with Crippen molar-refractivity contribution in [1.82, 2.24) is 14.8 Å². The van der Waals surface area contributed by atoms with Crippen LogP contribution >= 0.6 is 0 Å². The summed E-state index contributed by atoms with van der Waals surface area (Å²) in [6.45, 7) is 1.60. The standard InChI is InChI=1S/C23H22N4O/c1-26-14-19(12-25-26)16-2-4-17(5-3-16)23-13-24-11-18-6-7-20(10-22(18)23)27-9-8-21(28)15-27/h2-7,10-14,21,28H,8-9,15H2,1H3/t21-/m0/s1. The smallest absolute Gasteiger partial charge is 0.0731 e. The molecule has 5 nitrogen and oxygen atoms in total. The van der Waals surface area contributed by atoms with Gasteiger partial charge in [0.15, 0.2) is 0 Å². The van der Waals surface area contributed by atoms with Crippen LogP contribution in [0.15, 0.2) is 67.3 Å². The fraction of sp³-hybridized carbons (Fsp3) is 0.217. The van der Waals surface area contributed by atoms with E-state index in [4.69, 9.17) is 0 Å². The number of aliphatic hydroxyl groups excluding tert-OH is 1. The van der Waals surface area contributed by atoms with Crippen molar-refractivity contribution >= 4 is 16.5 Å². The zero-order chi connectivity index (χ0) is 19.1. The molecular weight excluding hydrogens is 348 g/mol. The highest BCUT2D eigenvalue weighted by atomic mass is 16.3. The van der Waals surface area contributed by atoms with E-state index in [1.165, 1.54) is 5.39 Å². The molecule has 2 aromatic carbocycles. The second-order valence-corrected chi connectivity index (χ2v) is 7.46. The molecule has 5 heteroatoms. The van der Waals surface area contributed by atoms with Crippen molar-refractivity contribution in [2.75, 3.05) is 18.0 Å². The van der Waals surface area contributed by atoms with Crippen molar-refractivity contribution in [3.8, 4) is 22.3 Å². The Kier molecular flexibility index (Phi) is 4.10. The average molecular weight is 370 g/mol. The van der Waals surface area contributed by atoms with Crippen LogP contribution in [0.2, 0.25) is 0 Å². The fourth-order valence-electron chi connectivity index (χ4n) is 3.97. The molecule has 4 aromatic rings. The third-order valence-corrected chi connectivity index (χ3v) is 5.51. The lowest BCUT2D eigenvalue weighted by Crippen LogP contribution is -2.20. The third kappa shape index (κ3) is 3.04. The lowest BCUT2D eigenvalue weighted by atomic mass is 9.98. The van der Waals surface area contributed by atoms with Crippen LogP contribution in [0, 0.1) is 0 Å². The highest BCUT2D eigenvalue weighted by Gasteiger charge is 2.20. The van der Waals surface area contributed by atoms with Crippen molar-refractivity contribution < 1.29 is 5.11 Å². The number of hydrogen-bond donors (Lipinski definition) is 1. The van der Waals surface area contributed by atoms with Crippen molar-refractivity contribution in [3.05, 3.63) is 67.3 Å². The van der Waals surface area contributed by atoms with Crippen LogP contribution in [0.25, 0.3) is 33.0 Å². The van der Waals surface area contributed by atoms with Crippen molar-refractivity contribution in [2.24, 2.45) is 7.05 Å². The lowest BCUT2D eigenvalue weighted by molar-refractivity contribution is 0.198. The molecule has 140 valence electrons. The maximum absolute atomic E-state index is 9.87. The molecule has 28 heavy (non-hydrogen) atoms. The first-order valence-corrected chi connectivity index (χ1v) is 9.57. The summed E-state index contributed by atoms with van der Waals surface area (Å²) in [4.78, 5) is 6.70. The Labute approximate surface area is 163 Å². The van der Waals surface area contributed by atoms with Gasteiger partial charge in [0.1, 0.15) is 0 Å². The maximum Gasteiger partial charge on any atom is 0.0731 e. The number of β-amino-alcohol motifs (C(OH)–C–C–N with tert-alkyl or cyclic N) is 1. The maximum atomic E-state index is 9.87. The molecule has 3 heterocycles. The molecule has 1 aliphatic heterocycles. The number of nitrogens with zero attached hydrogens (tertiary/aromatic N) is 4. The highest BCUT2D eigenvalue weighted by Crippen LogP contribution is 2.33. The van der Waals surface area contributed by atoms with E-state index < -0.39 is 0 Å². The van der Waals surface area contributed by atoms with Gasteiger partial charge in [-0.15, -0.1) is 0 Å². The minimum atomic E-state index is -0.229. The molecule has 1 atom stereocenters. The first-order chi connectivity index (χ1) is 13.7. The van der Waals surface area contributed by atoms with Crippen molar-refractivity contribution in [1.29, 1.82) is 0 Å². The Morgan fingerprint density at radius 1 is 0.964 bits per heavy atom. The number of rotatable bonds is 3.